The topological polar surface area (TPSA) is 54.0 Å². The lowest BCUT2D eigenvalue weighted by molar-refractivity contribution is -0.125. The van der Waals surface area contributed by atoms with E-state index >= 15 is 0 Å². The van der Waals surface area contributed by atoms with Gasteiger partial charge in [-0.2, -0.15) is 0 Å². The summed E-state index contributed by atoms with van der Waals surface area (Å²) in [6.45, 7) is 2.93. The van der Waals surface area contributed by atoms with Crippen LogP contribution < -0.4 is 10.1 Å². The Morgan fingerprint density at radius 3 is 2.28 bits per heavy atom. The van der Waals surface area contributed by atoms with E-state index in [9.17, 15) is 4.79 Å². The molecule has 0 saturated heterocycles. The number of carbonyl (C=O) groups excluding carboxylic acids is 1. The zero-order valence-electron chi connectivity index (χ0n) is 21.5. The Morgan fingerprint density at radius 2 is 1.62 bits per heavy atom. The fourth-order valence-electron chi connectivity index (χ4n) is 4.08. The van der Waals surface area contributed by atoms with Crippen LogP contribution in [0.4, 0.5) is 0 Å². The average Bonchev–Trinajstić information content (AvgIpc) is 3.44. The molecule has 1 heterocycles. The highest BCUT2D eigenvalue weighted by molar-refractivity contribution is 6.35. The summed E-state index contributed by atoms with van der Waals surface area (Å²) in [6, 6.07) is 19.8. The first kappa shape index (κ1) is 29.4. The second-order valence-electron chi connectivity index (χ2n) is 9.10. The minimum atomic E-state index is -0.576. The van der Waals surface area contributed by atoms with Crippen molar-refractivity contribution in [3.63, 3.8) is 0 Å². The van der Waals surface area contributed by atoms with E-state index in [1.165, 1.54) is 0 Å². The number of halogens is 4. The van der Waals surface area contributed by atoms with Gasteiger partial charge in [0.05, 0.1) is 20.4 Å². The predicted octanol–water partition coefficient (Wildman–Crippen LogP) is 7.23. The first-order valence-corrected chi connectivity index (χ1v) is 13.9. The molecule has 0 aliphatic carbocycles. The van der Waals surface area contributed by atoms with Crippen molar-refractivity contribution in [3.8, 4) is 5.75 Å². The SMILES string of the molecule is COc1ccc(CNC(=O)C(C)N2C=CN(C(Cl)C(OCc3ccc(Cl)cc3Cl)c3ccc(Cl)cc3)C2)cc1. The van der Waals surface area contributed by atoms with Crippen LogP contribution in [0, 0.1) is 0 Å². The first-order valence-electron chi connectivity index (χ1n) is 12.3. The van der Waals surface area contributed by atoms with Crippen molar-refractivity contribution in [2.75, 3.05) is 13.8 Å². The molecule has 0 bridgehead atoms. The summed E-state index contributed by atoms with van der Waals surface area (Å²) in [5.41, 5.74) is 2.07. The Morgan fingerprint density at radius 1 is 0.949 bits per heavy atom. The van der Waals surface area contributed by atoms with Crippen LogP contribution in [0.3, 0.4) is 0 Å². The van der Waals surface area contributed by atoms with Crippen LogP contribution in [0.25, 0.3) is 0 Å². The van der Waals surface area contributed by atoms with E-state index < -0.39 is 17.6 Å². The van der Waals surface area contributed by atoms with Crippen molar-refractivity contribution in [2.24, 2.45) is 0 Å². The monoisotopic (exact) mass is 607 g/mol. The maximum Gasteiger partial charge on any atom is 0.242 e. The highest BCUT2D eigenvalue weighted by atomic mass is 35.5. The molecule has 0 fully saturated rings. The molecule has 10 heteroatoms. The summed E-state index contributed by atoms with van der Waals surface area (Å²) >= 11 is 25.5. The Labute approximate surface area is 249 Å². The van der Waals surface area contributed by atoms with Gasteiger partial charge in [0.2, 0.25) is 5.91 Å². The Hall–Kier alpha value is -2.61. The lowest BCUT2D eigenvalue weighted by Crippen LogP contribution is -2.45. The lowest BCUT2D eigenvalue weighted by Gasteiger charge is -2.33. The average molecular weight is 609 g/mol. The molecule has 3 atom stereocenters. The molecule has 1 amide bonds. The fourth-order valence-corrected chi connectivity index (χ4v) is 5.01. The smallest absolute Gasteiger partial charge is 0.242 e. The minimum absolute atomic E-state index is 0.0914. The number of benzene rings is 3. The van der Waals surface area contributed by atoms with Gasteiger partial charge in [-0.1, -0.05) is 76.7 Å². The van der Waals surface area contributed by atoms with E-state index in [0.29, 0.717) is 28.3 Å². The molecule has 4 rings (SSSR count). The molecular weight excluding hydrogens is 580 g/mol. The van der Waals surface area contributed by atoms with Crippen LogP contribution in [-0.4, -0.2) is 41.0 Å². The zero-order valence-corrected chi connectivity index (χ0v) is 24.5. The van der Waals surface area contributed by atoms with Crippen LogP contribution in [0.2, 0.25) is 15.1 Å². The number of hydrogen-bond acceptors (Lipinski definition) is 5. The number of nitrogens with zero attached hydrogens (tertiary/aromatic N) is 2. The maximum atomic E-state index is 12.9. The second-order valence-corrected chi connectivity index (χ2v) is 10.8. The quantitative estimate of drug-likeness (QED) is 0.184. The van der Waals surface area contributed by atoms with Gasteiger partial charge in [0, 0.05) is 34.0 Å². The van der Waals surface area contributed by atoms with E-state index in [1.807, 2.05) is 71.6 Å². The zero-order chi connectivity index (χ0) is 27.9. The summed E-state index contributed by atoms with van der Waals surface area (Å²) in [5.74, 6) is 0.680. The summed E-state index contributed by atoms with van der Waals surface area (Å²) in [7, 11) is 1.62. The van der Waals surface area contributed by atoms with Gasteiger partial charge in [-0.05, 0) is 60.0 Å². The normalized spacial score (nSPS) is 15.2. The largest absolute Gasteiger partial charge is 0.497 e. The molecule has 1 aliphatic heterocycles. The molecule has 206 valence electrons. The number of rotatable bonds is 11. The molecular formula is C29H29Cl4N3O3. The molecule has 0 saturated carbocycles. The van der Waals surface area contributed by atoms with Crippen molar-refractivity contribution in [1.29, 1.82) is 0 Å². The molecule has 3 aromatic rings. The van der Waals surface area contributed by atoms with Gasteiger partial charge in [-0.3, -0.25) is 4.79 Å². The van der Waals surface area contributed by atoms with E-state index in [-0.39, 0.29) is 12.5 Å². The summed E-state index contributed by atoms with van der Waals surface area (Å²) < 4.78 is 11.5. The predicted molar refractivity (Wildman–Crippen MR) is 157 cm³/mol. The number of methoxy groups -OCH3 is 1. The third-order valence-electron chi connectivity index (χ3n) is 6.48. The van der Waals surface area contributed by atoms with Crippen LogP contribution in [-0.2, 0) is 22.7 Å². The molecule has 1 N–H and O–H groups in total. The summed E-state index contributed by atoms with van der Waals surface area (Å²) in [6.07, 6.45) is 3.22. The van der Waals surface area contributed by atoms with E-state index in [0.717, 1.165) is 22.4 Å². The van der Waals surface area contributed by atoms with Crippen molar-refractivity contribution >= 4 is 52.3 Å². The highest BCUT2D eigenvalue weighted by Gasteiger charge is 2.32. The van der Waals surface area contributed by atoms with Gasteiger partial charge in [-0.15, -0.1) is 0 Å². The van der Waals surface area contributed by atoms with Gasteiger partial charge >= 0.3 is 0 Å². The fraction of sp³-hybridized carbons (Fsp3) is 0.276. The third kappa shape index (κ3) is 7.74. The van der Waals surface area contributed by atoms with E-state index in [1.54, 1.807) is 31.4 Å². The van der Waals surface area contributed by atoms with Gasteiger partial charge in [0.25, 0.3) is 0 Å². The van der Waals surface area contributed by atoms with Gasteiger partial charge in [-0.25, -0.2) is 0 Å². The van der Waals surface area contributed by atoms with Crippen LogP contribution >= 0.6 is 46.4 Å². The maximum absolute atomic E-state index is 12.9. The van der Waals surface area contributed by atoms with Gasteiger partial charge in [0.1, 0.15) is 23.4 Å². The molecule has 3 aromatic carbocycles. The molecule has 6 nitrogen and oxygen atoms in total. The number of alkyl halides is 1. The Bertz CT molecular complexity index is 1290. The van der Waals surface area contributed by atoms with Crippen LogP contribution in [0.15, 0.2) is 79.1 Å². The Kier molecular flexibility index (Phi) is 10.3. The second kappa shape index (κ2) is 13.6. The first-order chi connectivity index (χ1) is 18.7. The lowest BCUT2D eigenvalue weighted by atomic mass is 10.1. The molecule has 1 aliphatic rings. The highest BCUT2D eigenvalue weighted by Crippen LogP contribution is 2.33. The molecule has 0 aromatic heterocycles. The molecule has 3 unspecified atom stereocenters. The number of amides is 1. The van der Waals surface area contributed by atoms with Gasteiger partial charge in [0.15, 0.2) is 0 Å². The van der Waals surface area contributed by atoms with E-state index in [2.05, 4.69) is 5.32 Å². The summed E-state index contributed by atoms with van der Waals surface area (Å²) in [4.78, 5) is 16.7. The molecule has 0 radical (unpaired) electrons. The van der Waals surface area contributed by atoms with Crippen molar-refractivity contribution < 1.29 is 14.3 Å². The minimum Gasteiger partial charge on any atom is -0.497 e. The number of nitrogens with one attached hydrogen (secondary N) is 1. The van der Waals surface area contributed by atoms with Crippen molar-refractivity contribution in [1.82, 2.24) is 15.1 Å². The molecule has 39 heavy (non-hydrogen) atoms. The Balaban J connectivity index is 1.39. The standard InChI is InChI=1S/C29H29Cl4N3O3/c1-19(29(37)34-16-20-3-11-25(38-2)12-4-20)35-13-14-36(18-35)28(33)27(21-5-8-23(30)9-6-21)39-17-22-7-10-24(31)15-26(22)32/h3-15,19,27-28H,16-18H2,1-2H3,(H,34,37). The van der Waals surface area contributed by atoms with E-state index in [4.69, 9.17) is 55.9 Å². The van der Waals surface area contributed by atoms with Gasteiger partial charge < -0.3 is 24.6 Å². The van der Waals surface area contributed by atoms with Crippen LogP contribution in [0.1, 0.15) is 29.7 Å². The molecule has 0 spiro atoms. The number of hydrogen-bond donors (Lipinski definition) is 1. The van der Waals surface area contributed by atoms with Crippen molar-refractivity contribution in [3.05, 3.63) is 111 Å². The van der Waals surface area contributed by atoms with Crippen molar-refractivity contribution in [2.45, 2.75) is 37.7 Å². The summed E-state index contributed by atoms with van der Waals surface area (Å²) in [5, 5.41) is 4.68. The number of ether oxygens (including phenoxy) is 2. The van der Waals surface area contributed by atoms with Crippen LogP contribution in [0.5, 0.6) is 5.75 Å². The number of carbonyl (C=O) groups is 1. The third-order valence-corrected chi connectivity index (χ3v) is 7.80.